The molecule has 0 saturated heterocycles. The van der Waals surface area contributed by atoms with Crippen molar-refractivity contribution in [3.8, 4) is 39.1 Å². The van der Waals surface area contributed by atoms with E-state index in [1.165, 1.54) is 80.6 Å². The molecule has 0 atom stereocenters. The Morgan fingerprint density at radius 2 is 0.945 bits per heavy atom. The van der Waals surface area contributed by atoms with E-state index < -0.39 is 0 Å². The Labute approximate surface area is 323 Å². The molecule has 0 fully saturated rings. The summed E-state index contributed by atoms with van der Waals surface area (Å²) in [6.07, 6.45) is 0. The molecular weight excluding hydrogens is 685 g/mol. The monoisotopic (exact) mass is 718 g/mol. The minimum Gasteiger partial charge on any atom is -0.355 e. The minimum atomic E-state index is 1.07. The summed E-state index contributed by atoms with van der Waals surface area (Å²) in [4.78, 5) is 0. The maximum Gasteiger partial charge on any atom is 0.0547 e. The second-order valence-corrected chi connectivity index (χ2v) is 15.3. The first-order valence-electron chi connectivity index (χ1n) is 18.8. The highest BCUT2D eigenvalue weighted by Crippen LogP contribution is 2.42. The van der Waals surface area contributed by atoms with Crippen LogP contribution in [-0.4, -0.2) is 4.57 Å². The van der Waals surface area contributed by atoms with Gasteiger partial charge in [-0.25, -0.2) is 0 Å². The van der Waals surface area contributed by atoms with Crippen molar-refractivity contribution in [3.63, 3.8) is 0 Å². The lowest BCUT2D eigenvalue weighted by Gasteiger charge is -2.18. The van der Waals surface area contributed by atoms with Crippen LogP contribution in [0.1, 0.15) is 0 Å². The number of fused-ring (bicyclic) bond motifs is 7. The van der Waals surface area contributed by atoms with Crippen LogP contribution in [0.5, 0.6) is 0 Å². The second kappa shape index (κ2) is 12.9. The van der Waals surface area contributed by atoms with Crippen LogP contribution in [0.25, 0.3) is 91.8 Å². The summed E-state index contributed by atoms with van der Waals surface area (Å²) in [5.41, 5.74) is 12.9. The molecule has 9 aromatic carbocycles. The van der Waals surface area contributed by atoms with E-state index in [0.717, 1.165) is 22.6 Å². The molecule has 2 aromatic heterocycles. The maximum atomic E-state index is 3.90. The van der Waals surface area contributed by atoms with Crippen molar-refractivity contribution < 1.29 is 0 Å². The zero-order valence-electron chi connectivity index (χ0n) is 29.9. The fraction of sp³-hybridized carbons (Fsp3) is 0. The highest BCUT2D eigenvalue weighted by atomic mass is 32.1. The van der Waals surface area contributed by atoms with Crippen LogP contribution in [0.3, 0.4) is 0 Å². The molecule has 2 nitrogen and oxygen atoms in total. The van der Waals surface area contributed by atoms with Crippen molar-refractivity contribution in [3.05, 3.63) is 200 Å². The van der Waals surface area contributed by atoms with E-state index >= 15 is 0 Å². The van der Waals surface area contributed by atoms with Gasteiger partial charge in [-0.15, -0.1) is 11.3 Å². The Hall–Kier alpha value is -6.94. The van der Waals surface area contributed by atoms with Crippen molar-refractivity contribution in [1.29, 1.82) is 0 Å². The van der Waals surface area contributed by atoms with Gasteiger partial charge in [0.15, 0.2) is 0 Å². The van der Waals surface area contributed by atoms with E-state index in [0.29, 0.717) is 0 Å². The van der Waals surface area contributed by atoms with E-state index in [2.05, 4.69) is 210 Å². The molecule has 0 aliphatic heterocycles. The predicted octanol–water partition coefficient (Wildman–Crippen LogP) is 15.0. The minimum absolute atomic E-state index is 1.07. The lowest BCUT2D eigenvalue weighted by Crippen LogP contribution is -1.96. The summed E-state index contributed by atoms with van der Waals surface area (Å²) < 4.78 is 5.04. The van der Waals surface area contributed by atoms with Crippen LogP contribution in [0.2, 0.25) is 0 Å². The van der Waals surface area contributed by atoms with Crippen LogP contribution in [0.15, 0.2) is 200 Å². The molecule has 2 heterocycles. The molecule has 258 valence electrons. The van der Waals surface area contributed by atoms with Crippen molar-refractivity contribution in [1.82, 2.24) is 4.57 Å². The molecule has 55 heavy (non-hydrogen) atoms. The van der Waals surface area contributed by atoms with Gasteiger partial charge in [0.1, 0.15) is 0 Å². The van der Waals surface area contributed by atoms with Gasteiger partial charge in [-0.1, -0.05) is 140 Å². The fourth-order valence-electron chi connectivity index (χ4n) is 8.39. The third-order valence-electron chi connectivity index (χ3n) is 11.0. The summed E-state index contributed by atoms with van der Waals surface area (Å²) in [6, 6.07) is 72.8. The van der Waals surface area contributed by atoms with E-state index in [9.17, 15) is 0 Å². The maximum absolute atomic E-state index is 3.90. The first-order chi connectivity index (χ1) is 27.3. The van der Waals surface area contributed by atoms with Crippen molar-refractivity contribution in [2.75, 3.05) is 5.32 Å². The van der Waals surface area contributed by atoms with E-state index in [-0.39, 0.29) is 0 Å². The molecule has 1 N–H and O–H groups in total. The number of thiophene rings is 1. The van der Waals surface area contributed by atoms with E-state index in [1.807, 2.05) is 11.3 Å². The first-order valence-corrected chi connectivity index (χ1v) is 19.6. The zero-order chi connectivity index (χ0) is 36.3. The van der Waals surface area contributed by atoms with Crippen LogP contribution in [0, 0.1) is 0 Å². The Bertz CT molecular complexity index is 3230. The highest BCUT2D eigenvalue weighted by Gasteiger charge is 2.16. The molecule has 0 amide bonds. The van der Waals surface area contributed by atoms with Crippen molar-refractivity contribution >= 4 is 75.5 Å². The average molecular weight is 719 g/mol. The van der Waals surface area contributed by atoms with Gasteiger partial charge in [-0.3, -0.25) is 0 Å². The number of aromatic nitrogens is 1. The molecule has 0 aliphatic rings. The third-order valence-corrected chi connectivity index (χ3v) is 12.2. The first kappa shape index (κ1) is 31.6. The quantitative estimate of drug-likeness (QED) is 0.181. The summed E-state index contributed by atoms with van der Waals surface area (Å²) in [6.45, 7) is 0. The summed E-state index contributed by atoms with van der Waals surface area (Å²) >= 11 is 1.86. The number of nitrogens with one attached hydrogen (secondary N) is 1. The summed E-state index contributed by atoms with van der Waals surface area (Å²) in [5, 5.41) is 11.5. The molecule has 0 spiro atoms. The van der Waals surface area contributed by atoms with Crippen molar-refractivity contribution in [2.45, 2.75) is 0 Å². The Morgan fingerprint density at radius 1 is 0.327 bits per heavy atom. The van der Waals surface area contributed by atoms with Gasteiger partial charge in [0.05, 0.1) is 11.0 Å². The summed E-state index contributed by atoms with van der Waals surface area (Å²) in [7, 11) is 0. The Morgan fingerprint density at radius 3 is 1.80 bits per heavy atom. The van der Waals surface area contributed by atoms with Crippen LogP contribution >= 0.6 is 11.3 Å². The SMILES string of the molecule is c1ccc(-c2cc(-c3ccc4c5ccccc5n(-c5ccccc5)c4c3)ccc2Nc2ccc(-c3ccc4sc5ccccc5c4c3)c3ccccc23)cc1. The van der Waals surface area contributed by atoms with Gasteiger partial charge in [-0.2, -0.15) is 0 Å². The lowest BCUT2D eigenvalue weighted by molar-refractivity contribution is 1.18. The Kier molecular flexibility index (Phi) is 7.39. The molecule has 11 aromatic rings. The molecule has 0 bridgehead atoms. The van der Waals surface area contributed by atoms with Gasteiger partial charge < -0.3 is 9.88 Å². The number of benzene rings is 9. The summed E-state index contributed by atoms with van der Waals surface area (Å²) in [5.74, 6) is 0. The van der Waals surface area contributed by atoms with Gasteiger partial charge in [0.25, 0.3) is 0 Å². The zero-order valence-corrected chi connectivity index (χ0v) is 30.7. The number of anilines is 2. The number of para-hydroxylation sites is 2. The number of rotatable bonds is 6. The number of nitrogens with zero attached hydrogens (tertiary/aromatic N) is 1. The number of hydrogen-bond acceptors (Lipinski definition) is 2. The van der Waals surface area contributed by atoms with Crippen molar-refractivity contribution in [2.24, 2.45) is 0 Å². The van der Waals surface area contributed by atoms with Crippen LogP contribution in [-0.2, 0) is 0 Å². The molecule has 0 saturated carbocycles. The van der Waals surface area contributed by atoms with Crippen LogP contribution in [0.4, 0.5) is 11.4 Å². The third kappa shape index (κ3) is 5.32. The smallest absolute Gasteiger partial charge is 0.0547 e. The molecule has 0 aliphatic carbocycles. The average Bonchev–Trinajstić information content (AvgIpc) is 3.79. The molecule has 3 heteroatoms. The fourth-order valence-corrected chi connectivity index (χ4v) is 9.48. The lowest BCUT2D eigenvalue weighted by atomic mass is 9.95. The highest BCUT2D eigenvalue weighted by molar-refractivity contribution is 7.25. The number of hydrogen-bond donors (Lipinski definition) is 1. The molecule has 0 radical (unpaired) electrons. The van der Waals surface area contributed by atoms with E-state index in [1.54, 1.807) is 0 Å². The molecular formula is C52H34N2S. The Balaban J connectivity index is 1.02. The second-order valence-electron chi connectivity index (χ2n) is 14.2. The largest absolute Gasteiger partial charge is 0.355 e. The predicted molar refractivity (Wildman–Crippen MR) is 237 cm³/mol. The molecule has 0 unspecified atom stereocenters. The van der Waals surface area contributed by atoms with E-state index in [4.69, 9.17) is 0 Å². The molecule has 11 rings (SSSR count). The van der Waals surface area contributed by atoms with Gasteiger partial charge in [0.2, 0.25) is 0 Å². The van der Waals surface area contributed by atoms with Gasteiger partial charge >= 0.3 is 0 Å². The van der Waals surface area contributed by atoms with Crippen LogP contribution < -0.4 is 5.32 Å². The van der Waals surface area contributed by atoms with Gasteiger partial charge in [-0.05, 0) is 93.9 Å². The van der Waals surface area contributed by atoms with Gasteiger partial charge in [0, 0.05) is 59.0 Å². The topological polar surface area (TPSA) is 17.0 Å². The normalized spacial score (nSPS) is 11.6. The standard InChI is InChI=1S/C52H34N2S/c1-3-13-34(14-4-1)45-31-35(36-23-26-43-42-19-9-11-21-49(42)54(50(43)33-36)38-15-5-2-6-16-38)24-28-48(45)53-47-29-27-39(40-17-7-8-18-41(40)47)37-25-30-52-46(32-37)44-20-10-12-22-51(44)55-52/h1-33,53H.